The zero-order chi connectivity index (χ0) is 39.1. The number of fused-ring (bicyclic) bond motifs is 2. The van der Waals surface area contributed by atoms with Gasteiger partial charge in [0.1, 0.15) is 29.2 Å². The van der Waals surface area contributed by atoms with Gasteiger partial charge in [-0.2, -0.15) is 0 Å². The number of rotatable bonds is 6. The van der Waals surface area contributed by atoms with Crippen LogP contribution in [0.3, 0.4) is 0 Å². The van der Waals surface area contributed by atoms with Crippen molar-refractivity contribution in [3.05, 3.63) is 130 Å². The van der Waals surface area contributed by atoms with Crippen molar-refractivity contribution < 1.29 is 31.0 Å². The normalized spacial score (nSPS) is 11.7. The fraction of sp³-hybridized carbons (Fsp3) is 0.128. The van der Waals surface area contributed by atoms with Gasteiger partial charge in [0.05, 0.1) is 41.3 Å². The van der Waals surface area contributed by atoms with Gasteiger partial charge in [-0.05, 0) is 86.7 Å². The molecule has 0 atom stereocenters. The molecule has 13 nitrogen and oxygen atoms in total. The van der Waals surface area contributed by atoms with Crippen molar-refractivity contribution >= 4 is 64.7 Å². The molecule has 0 aliphatic carbocycles. The standard InChI is InChI=1S/C21H17N3O4S.C18H14IN3O3S/c1-14-20(15(2)28-23-14)17-11-19-21(22-12-17)16(7-6-10-25)13-24(19)29(26,27)18-8-4-3-5-9-18;1-11-17(12(2)25-21-11)13-8-16-18(20-9-13)15(19)10-22(16)26(23,24)14-6-4-3-5-7-14/h3-5,8-9,11-13,25H,10H2,1-2H3;3-10H,1-2H3. The average molecular weight is 887 g/mol. The van der Waals surface area contributed by atoms with E-state index in [4.69, 9.17) is 14.2 Å². The molecule has 0 amide bonds. The predicted octanol–water partition coefficient (Wildman–Crippen LogP) is 7.04. The summed E-state index contributed by atoms with van der Waals surface area (Å²) in [6.45, 7) is 6.93. The summed E-state index contributed by atoms with van der Waals surface area (Å²) < 4.78 is 66.4. The Morgan fingerprint density at radius 3 is 1.60 bits per heavy atom. The summed E-state index contributed by atoms with van der Waals surface area (Å²) in [7, 11) is -7.59. The van der Waals surface area contributed by atoms with Gasteiger partial charge in [0, 0.05) is 47.0 Å². The first-order chi connectivity index (χ1) is 26.3. The smallest absolute Gasteiger partial charge is 0.268 e. The van der Waals surface area contributed by atoms with E-state index in [2.05, 4.69) is 54.7 Å². The minimum absolute atomic E-state index is 0.154. The zero-order valence-electron chi connectivity index (χ0n) is 29.7. The molecule has 0 bridgehead atoms. The largest absolute Gasteiger partial charge is 0.384 e. The average Bonchev–Trinajstić information content (AvgIpc) is 3.93. The number of pyridine rings is 2. The van der Waals surface area contributed by atoms with Gasteiger partial charge in [0.25, 0.3) is 20.0 Å². The molecule has 8 aromatic rings. The summed E-state index contributed by atoms with van der Waals surface area (Å²) in [5.74, 6) is 6.62. The van der Waals surface area contributed by atoms with E-state index in [1.54, 1.807) is 80.1 Å². The molecule has 16 heteroatoms. The lowest BCUT2D eigenvalue weighted by Crippen LogP contribution is -2.11. The zero-order valence-corrected chi connectivity index (χ0v) is 33.5. The van der Waals surface area contributed by atoms with Crippen LogP contribution in [0.2, 0.25) is 0 Å². The number of benzene rings is 2. The number of hydrogen-bond acceptors (Lipinski definition) is 11. The Labute approximate surface area is 329 Å². The molecule has 278 valence electrons. The van der Waals surface area contributed by atoms with Gasteiger partial charge >= 0.3 is 0 Å². The first kappa shape index (κ1) is 37.7. The molecule has 8 rings (SSSR count). The predicted molar refractivity (Wildman–Crippen MR) is 214 cm³/mol. The fourth-order valence-corrected chi connectivity index (χ4v) is 9.84. The second kappa shape index (κ2) is 14.9. The van der Waals surface area contributed by atoms with E-state index in [1.807, 2.05) is 26.8 Å². The maximum absolute atomic E-state index is 13.3. The molecular weight excluding hydrogens is 856 g/mol. The highest BCUT2D eigenvalue weighted by Crippen LogP contribution is 2.33. The lowest BCUT2D eigenvalue weighted by molar-refractivity contribution is 0.350. The van der Waals surface area contributed by atoms with Crippen molar-refractivity contribution in [2.45, 2.75) is 37.5 Å². The number of hydrogen-bond donors (Lipinski definition) is 1. The second-order valence-electron chi connectivity index (χ2n) is 12.3. The van der Waals surface area contributed by atoms with Crippen molar-refractivity contribution in [2.24, 2.45) is 0 Å². The molecule has 6 heterocycles. The first-order valence-electron chi connectivity index (χ1n) is 16.6. The van der Waals surface area contributed by atoms with E-state index in [0.717, 1.165) is 26.0 Å². The van der Waals surface area contributed by atoms with Crippen LogP contribution in [0.1, 0.15) is 28.5 Å². The van der Waals surface area contributed by atoms with Crippen LogP contribution in [0.25, 0.3) is 44.3 Å². The number of halogens is 1. The van der Waals surface area contributed by atoms with Crippen LogP contribution in [0.4, 0.5) is 0 Å². The summed E-state index contributed by atoms with van der Waals surface area (Å²) in [5.41, 5.74) is 6.89. The van der Waals surface area contributed by atoms with Gasteiger partial charge in [-0.25, -0.2) is 24.8 Å². The van der Waals surface area contributed by atoms with Crippen LogP contribution in [0.15, 0.2) is 116 Å². The molecular formula is C39H31IN6O7S2. The molecule has 0 spiro atoms. The Kier molecular flexibility index (Phi) is 10.2. The fourth-order valence-electron chi connectivity index (χ4n) is 6.22. The number of aliphatic hydroxyl groups is 1. The Balaban J connectivity index is 0.000000170. The van der Waals surface area contributed by atoms with Crippen molar-refractivity contribution in [3.8, 4) is 34.1 Å². The number of aryl methyl sites for hydroxylation is 4. The van der Waals surface area contributed by atoms with E-state index in [1.165, 1.54) is 26.3 Å². The molecule has 0 saturated carbocycles. The van der Waals surface area contributed by atoms with Gasteiger partial charge in [-0.3, -0.25) is 9.97 Å². The molecule has 0 saturated heterocycles. The topological polar surface area (TPSA) is 176 Å². The third kappa shape index (κ3) is 6.95. The Hall–Kier alpha value is -5.61. The lowest BCUT2D eigenvalue weighted by Gasteiger charge is -2.08. The van der Waals surface area contributed by atoms with E-state index in [0.29, 0.717) is 50.4 Å². The lowest BCUT2D eigenvalue weighted by atomic mass is 10.1. The number of nitrogens with zero attached hydrogens (tertiary/aromatic N) is 6. The van der Waals surface area contributed by atoms with Crippen LogP contribution in [-0.2, 0) is 20.0 Å². The highest BCUT2D eigenvalue weighted by atomic mass is 127. The van der Waals surface area contributed by atoms with Crippen LogP contribution < -0.4 is 0 Å². The quantitative estimate of drug-likeness (QED) is 0.134. The van der Waals surface area contributed by atoms with Gasteiger partial charge in [0.15, 0.2) is 0 Å². The maximum Gasteiger partial charge on any atom is 0.268 e. The second-order valence-corrected chi connectivity index (χ2v) is 17.1. The molecule has 0 radical (unpaired) electrons. The van der Waals surface area contributed by atoms with Crippen LogP contribution >= 0.6 is 22.6 Å². The molecule has 1 N–H and O–H groups in total. The van der Waals surface area contributed by atoms with Gasteiger partial charge in [-0.1, -0.05) is 58.6 Å². The van der Waals surface area contributed by atoms with E-state index in [9.17, 15) is 16.8 Å². The first-order valence-corrected chi connectivity index (χ1v) is 20.5. The summed E-state index contributed by atoms with van der Waals surface area (Å²) in [5, 5.41) is 17.0. The van der Waals surface area contributed by atoms with Crippen molar-refractivity contribution in [3.63, 3.8) is 0 Å². The molecule has 0 unspecified atom stereocenters. The van der Waals surface area contributed by atoms with Crippen molar-refractivity contribution in [2.75, 3.05) is 6.61 Å². The van der Waals surface area contributed by atoms with Crippen molar-refractivity contribution in [1.29, 1.82) is 0 Å². The monoisotopic (exact) mass is 886 g/mol. The molecule has 6 aromatic heterocycles. The molecule has 0 aliphatic heterocycles. The Morgan fingerprint density at radius 1 is 0.691 bits per heavy atom. The minimum atomic E-state index is -3.87. The molecule has 55 heavy (non-hydrogen) atoms. The third-order valence-corrected chi connectivity index (χ3v) is 12.9. The molecule has 0 aliphatic rings. The Bertz CT molecular complexity index is 2970. The van der Waals surface area contributed by atoms with Crippen LogP contribution in [-0.4, -0.2) is 56.8 Å². The highest BCUT2D eigenvalue weighted by Gasteiger charge is 2.24. The third-order valence-electron chi connectivity index (χ3n) is 8.71. The van der Waals surface area contributed by atoms with Gasteiger partial charge in [-0.15, -0.1) is 0 Å². The molecule has 0 fully saturated rings. The van der Waals surface area contributed by atoms with E-state index in [-0.39, 0.29) is 16.4 Å². The van der Waals surface area contributed by atoms with Gasteiger partial charge in [0.2, 0.25) is 0 Å². The number of aliphatic hydroxyl groups excluding tert-OH is 1. The van der Waals surface area contributed by atoms with Gasteiger partial charge < -0.3 is 14.2 Å². The van der Waals surface area contributed by atoms with E-state index >= 15 is 0 Å². The summed E-state index contributed by atoms with van der Waals surface area (Å²) >= 11 is 2.10. The van der Waals surface area contributed by atoms with Crippen LogP contribution in [0.5, 0.6) is 0 Å². The molecule has 2 aromatic carbocycles. The van der Waals surface area contributed by atoms with Crippen LogP contribution in [0, 0.1) is 43.1 Å². The summed E-state index contributed by atoms with van der Waals surface area (Å²) in [4.78, 5) is 9.33. The SMILES string of the molecule is Cc1noc(C)c1-c1cnc2c(C#CCO)cn(S(=O)(=O)c3ccccc3)c2c1.Cc1noc(C)c1-c1cnc2c(I)cn(S(=O)(=O)c3ccccc3)c2c1. The minimum Gasteiger partial charge on any atom is -0.384 e. The summed E-state index contributed by atoms with van der Waals surface area (Å²) in [6.07, 6.45) is 6.38. The number of aromatic nitrogens is 6. The highest BCUT2D eigenvalue weighted by molar-refractivity contribution is 14.1. The van der Waals surface area contributed by atoms with E-state index < -0.39 is 20.0 Å². The Morgan fingerprint density at radius 2 is 1.15 bits per heavy atom. The van der Waals surface area contributed by atoms with Crippen molar-refractivity contribution in [1.82, 2.24) is 28.2 Å². The maximum atomic E-state index is 13.3. The summed E-state index contributed by atoms with van der Waals surface area (Å²) in [6, 6.07) is 20.1.